The molecular formula is C11H19NS. The minimum absolute atomic E-state index is 0.246. The lowest BCUT2D eigenvalue weighted by Gasteiger charge is -2.20. The molecule has 1 nitrogen and oxygen atoms in total. The maximum absolute atomic E-state index is 5.70. The Morgan fingerprint density at radius 1 is 1.31 bits per heavy atom. The average molecular weight is 197 g/mol. The fourth-order valence-electron chi connectivity index (χ4n) is 1.25. The molecule has 0 unspecified atom stereocenters. The van der Waals surface area contributed by atoms with E-state index in [9.17, 15) is 0 Å². The topological polar surface area (TPSA) is 26.0 Å². The summed E-state index contributed by atoms with van der Waals surface area (Å²) < 4.78 is 0. The van der Waals surface area contributed by atoms with Crippen molar-refractivity contribution in [1.29, 1.82) is 0 Å². The molecule has 1 aromatic heterocycles. The largest absolute Gasteiger partial charge is 0.330 e. The lowest BCUT2D eigenvalue weighted by Crippen LogP contribution is -2.25. The van der Waals surface area contributed by atoms with Gasteiger partial charge in [0.15, 0.2) is 0 Å². The molecule has 0 spiro atoms. The normalized spacial score (nSPS) is 12.0. The van der Waals surface area contributed by atoms with Crippen molar-refractivity contribution in [2.75, 3.05) is 6.54 Å². The van der Waals surface area contributed by atoms with E-state index in [0.717, 1.165) is 19.4 Å². The Labute approximate surface area is 85.0 Å². The molecular weight excluding hydrogens is 178 g/mol. The van der Waals surface area contributed by atoms with E-state index in [1.807, 2.05) is 11.3 Å². The number of hydrogen-bond donors (Lipinski definition) is 1. The van der Waals surface area contributed by atoms with Crippen molar-refractivity contribution in [3.8, 4) is 0 Å². The molecule has 13 heavy (non-hydrogen) atoms. The van der Waals surface area contributed by atoms with Crippen molar-refractivity contribution in [3.63, 3.8) is 0 Å². The van der Waals surface area contributed by atoms with Gasteiger partial charge in [-0.05, 0) is 36.9 Å². The SMILES string of the molecule is CCc1ccc(CC(C)(C)CN)s1. The van der Waals surface area contributed by atoms with Gasteiger partial charge in [0.1, 0.15) is 0 Å². The van der Waals surface area contributed by atoms with E-state index in [4.69, 9.17) is 5.73 Å². The van der Waals surface area contributed by atoms with E-state index in [-0.39, 0.29) is 5.41 Å². The molecule has 2 heteroatoms. The van der Waals surface area contributed by atoms with Crippen LogP contribution >= 0.6 is 11.3 Å². The predicted octanol–water partition coefficient (Wildman–Crippen LogP) is 2.84. The van der Waals surface area contributed by atoms with Crippen molar-refractivity contribution in [1.82, 2.24) is 0 Å². The third-order valence-corrected chi connectivity index (χ3v) is 3.50. The van der Waals surface area contributed by atoms with E-state index in [1.54, 1.807) is 0 Å². The Morgan fingerprint density at radius 3 is 2.38 bits per heavy atom. The maximum atomic E-state index is 5.70. The molecule has 0 saturated carbocycles. The molecule has 0 fully saturated rings. The summed E-state index contributed by atoms with van der Waals surface area (Å²) in [5.41, 5.74) is 5.94. The zero-order valence-corrected chi connectivity index (χ0v) is 9.58. The Morgan fingerprint density at radius 2 is 1.92 bits per heavy atom. The zero-order chi connectivity index (χ0) is 9.90. The molecule has 1 heterocycles. The molecule has 0 aromatic carbocycles. The molecule has 0 aliphatic rings. The first-order chi connectivity index (χ1) is 6.07. The van der Waals surface area contributed by atoms with Gasteiger partial charge in [-0.1, -0.05) is 20.8 Å². The maximum Gasteiger partial charge on any atom is 0.00539 e. The van der Waals surface area contributed by atoms with Crippen molar-refractivity contribution in [2.45, 2.75) is 33.6 Å². The van der Waals surface area contributed by atoms with Crippen LogP contribution in [0.4, 0.5) is 0 Å². The van der Waals surface area contributed by atoms with Crippen LogP contribution in [0.25, 0.3) is 0 Å². The van der Waals surface area contributed by atoms with Crippen molar-refractivity contribution in [2.24, 2.45) is 11.1 Å². The highest BCUT2D eigenvalue weighted by atomic mass is 32.1. The van der Waals surface area contributed by atoms with Crippen LogP contribution < -0.4 is 5.73 Å². The predicted molar refractivity (Wildman–Crippen MR) is 60.2 cm³/mol. The smallest absolute Gasteiger partial charge is 0.00539 e. The molecule has 0 saturated heterocycles. The van der Waals surface area contributed by atoms with Crippen molar-refractivity contribution in [3.05, 3.63) is 21.9 Å². The third kappa shape index (κ3) is 3.12. The summed E-state index contributed by atoms with van der Waals surface area (Å²) in [7, 11) is 0. The molecule has 74 valence electrons. The standard InChI is InChI=1S/C11H19NS/c1-4-9-5-6-10(13-9)7-11(2,3)8-12/h5-6H,4,7-8,12H2,1-3H3. The molecule has 1 aromatic rings. The number of hydrogen-bond acceptors (Lipinski definition) is 2. The van der Waals surface area contributed by atoms with Crippen LogP contribution in [-0.4, -0.2) is 6.54 Å². The zero-order valence-electron chi connectivity index (χ0n) is 8.76. The van der Waals surface area contributed by atoms with Crippen LogP contribution in [0, 0.1) is 5.41 Å². The Bertz CT molecular complexity index is 263. The van der Waals surface area contributed by atoms with Crippen LogP contribution in [0.15, 0.2) is 12.1 Å². The average Bonchev–Trinajstić information content (AvgIpc) is 2.52. The van der Waals surface area contributed by atoms with Crippen LogP contribution in [-0.2, 0) is 12.8 Å². The summed E-state index contributed by atoms with van der Waals surface area (Å²) >= 11 is 1.92. The van der Waals surface area contributed by atoms with Gasteiger partial charge >= 0.3 is 0 Å². The van der Waals surface area contributed by atoms with Crippen molar-refractivity contribution >= 4 is 11.3 Å². The molecule has 0 aliphatic heterocycles. The second-order valence-corrected chi connectivity index (χ2v) is 5.52. The fraction of sp³-hybridized carbons (Fsp3) is 0.636. The first-order valence-corrected chi connectivity index (χ1v) is 5.66. The van der Waals surface area contributed by atoms with E-state index in [0.29, 0.717) is 0 Å². The molecule has 1 rings (SSSR count). The molecule has 0 aliphatic carbocycles. The lowest BCUT2D eigenvalue weighted by molar-refractivity contribution is 0.379. The van der Waals surface area contributed by atoms with Crippen molar-refractivity contribution < 1.29 is 0 Å². The van der Waals surface area contributed by atoms with E-state index < -0.39 is 0 Å². The Balaban J connectivity index is 2.63. The van der Waals surface area contributed by atoms with Gasteiger partial charge in [-0.25, -0.2) is 0 Å². The Kier molecular flexibility index (Phi) is 3.51. The first kappa shape index (κ1) is 10.7. The quantitative estimate of drug-likeness (QED) is 0.789. The van der Waals surface area contributed by atoms with Crippen LogP contribution in [0.3, 0.4) is 0 Å². The van der Waals surface area contributed by atoms with Gasteiger partial charge < -0.3 is 5.73 Å². The van der Waals surface area contributed by atoms with E-state index >= 15 is 0 Å². The second kappa shape index (κ2) is 4.25. The van der Waals surface area contributed by atoms with Gasteiger partial charge in [0.25, 0.3) is 0 Å². The van der Waals surface area contributed by atoms with E-state index in [2.05, 4.69) is 32.9 Å². The van der Waals surface area contributed by atoms with E-state index in [1.165, 1.54) is 9.75 Å². The Hall–Kier alpha value is -0.340. The fourth-order valence-corrected chi connectivity index (χ4v) is 2.47. The third-order valence-electron chi connectivity index (χ3n) is 2.27. The molecule has 0 amide bonds. The number of nitrogens with two attached hydrogens (primary N) is 1. The van der Waals surface area contributed by atoms with Gasteiger partial charge in [-0.3, -0.25) is 0 Å². The van der Waals surface area contributed by atoms with Crippen LogP contribution in [0.2, 0.25) is 0 Å². The number of thiophene rings is 1. The summed E-state index contributed by atoms with van der Waals surface area (Å²) in [6.07, 6.45) is 2.25. The van der Waals surface area contributed by atoms with Crippen LogP contribution in [0.5, 0.6) is 0 Å². The summed E-state index contributed by atoms with van der Waals surface area (Å²) in [4.78, 5) is 2.94. The monoisotopic (exact) mass is 197 g/mol. The summed E-state index contributed by atoms with van der Waals surface area (Å²) in [5, 5.41) is 0. The second-order valence-electron chi connectivity index (χ2n) is 4.27. The summed E-state index contributed by atoms with van der Waals surface area (Å²) in [6, 6.07) is 4.47. The van der Waals surface area contributed by atoms with Gasteiger partial charge in [-0.2, -0.15) is 0 Å². The highest BCUT2D eigenvalue weighted by molar-refractivity contribution is 7.11. The number of rotatable bonds is 4. The molecule has 0 atom stereocenters. The number of aryl methyl sites for hydroxylation is 1. The van der Waals surface area contributed by atoms with Gasteiger partial charge in [0.2, 0.25) is 0 Å². The molecule has 2 N–H and O–H groups in total. The van der Waals surface area contributed by atoms with Gasteiger partial charge in [0, 0.05) is 9.75 Å². The molecule has 0 bridgehead atoms. The van der Waals surface area contributed by atoms with Crippen LogP contribution in [0.1, 0.15) is 30.5 Å². The van der Waals surface area contributed by atoms with Gasteiger partial charge in [-0.15, -0.1) is 11.3 Å². The molecule has 0 radical (unpaired) electrons. The minimum atomic E-state index is 0.246. The minimum Gasteiger partial charge on any atom is -0.330 e. The van der Waals surface area contributed by atoms with Gasteiger partial charge in [0.05, 0.1) is 0 Å². The highest BCUT2D eigenvalue weighted by Gasteiger charge is 2.16. The highest BCUT2D eigenvalue weighted by Crippen LogP contribution is 2.25. The first-order valence-electron chi connectivity index (χ1n) is 4.85. The summed E-state index contributed by atoms with van der Waals surface area (Å²) in [6.45, 7) is 7.40. The lowest BCUT2D eigenvalue weighted by atomic mass is 9.89. The summed E-state index contributed by atoms with van der Waals surface area (Å²) in [5.74, 6) is 0.